The van der Waals surface area contributed by atoms with Crippen LogP contribution in [0.1, 0.15) is 17.2 Å². The third-order valence-corrected chi connectivity index (χ3v) is 5.62. The van der Waals surface area contributed by atoms with Gasteiger partial charge in [0, 0.05) is 60.8 Å². The quantitative estimate of drug-likeness (QED) is 0.548. The number of piperazine rings is 1. The van der Waals surface area contributed by atoms with E-state index in [9.17, 15) is 18.3 Å². The van der Waals surface area contributed by atoms with Gasteiger partial charge in [-0.2, -0.15) is 0 Å². The van der Waals surface area contributed by atoms with Crippen molar-refractivity contribution in [1.29, 1.82) is 0 Å². The Bertz CT molecular complexity index is 1080. The molecule has 4 rings (SSSR count). The molecule has 1 atom stereocenters. The summed E-state index contributed by atoms with van der Waals surface area (Å²) in [6.45, 7) is 2.75. The zero-order chi connectivity index (χ0) is 22.7. The zero-order valence-corrected chi connectivity index (χ0v) is 17.7. The largest absolute Gasteiger partial charge is 0.573 e. The van der Waals surface area contributed by atoms with E-state index in [1.165, 1.54) is 12.3 Å². The van der Waals surface area contributed by atoms with Crippen LogP contribution in [0, 0.1) is 0 Å². The first kappa shape index (κ1) is 22.4. The Balaban J connectivity index is 1.68. The molecular weight excluding hydrogens is 443 g/mol. The number of hydrogen-bond donors (Lipinski definition) is 2. The summed E-state index contributed by atoms with van der Waals surface area (Å²) >= 11 is 6.03. The number of rotatable bonds is 5. The van der Waals surface area contributed by atoms with Gasteiger partial charge in [-0.15, -0.1) is 13.2 Å². The van der Waals surface area contributed by atoms with Gasteiger partial charge in [-0.25, -0.2) is 0 Å². The maximum Gasteiger partial charge on any atom is 0.573 e. The van der Waals surface area contributed by atoms with Gasteiger partial charge >= 0.3 is 6.36 Å². The van der Waals surface area contributed by atoms with E-state index >= 15 is 0 Å². The summed E-state index contributed by atoms with van der Waals surface area (Å²) in [4.78, 5) is 6.36. The second-order valence-electron chi connectivity index (χ2n) is 7.50. The molecule has 0 bridgehead atoms. The number of alkyl halides is 3. The van der Waals surface area contributed by atoms with Crippen molar-refractivity contribution >= 4 is 11.6 Å². The maximum atomic E-state index is 13.0. The molecule has 32 heavy (non-hydrogen) atoms. The van der Waals surface area contributed by atoms with Gasteiger partial charge in [0.1, 0.15) is 11.5 Å². The van der Waals surface area contributed by atoms with Crippen molar-refractivity contribution in [1.82, 2.24) is 15.2 Å². The van der Waals surface area contributed by atoms with Crippen molar-refractivity contribution in [3.63, 3.8) is 0 Å². The van der Waals surface area contributed by atoms with E-state index in [1.807, 2.05) is 24.3 Å². The van der Waals surface area contributed by atoms with Gasteiger partial charge in [-0.05, 0) is 47.5 Å². The molecule has 2 aromatic carbocycles. The van der Waals surface area contributed by atoms with Gasteiger partial charge in [-0.1, -0.05) is 23.7 Å². The SMILES string of the molecule is Oc1ccc(OC(F)(F)F)c(-c2cnccc2CN2CCNC[C@H]2c2ccc(Cl)cc2)c1. The number of hydrogen-bond acceptors (Lipinski definition) is 5. The van der Waals surface area contributed by atoms with Gasteiger partial charge in [0.05, 0.1) is 0 Å². The number of benzene rings is 2. The number of pyridine rings is 1. The first-order valence-electron chi connectivity index (χ1n) is 10.0. The molecule has 1 saturated heterocycles. The second kappa shape index (κ2) is 9.36. The van der Waals surface area contributed by atoms with E-state index in [0.29, 0.717) is 17.1 Å². The van der Waals surface area contributed by atoms with Crippen LogP contribution in [-0.4, -0.2) is 41.0 Å². The summed E-state index contributed by atoms with van der Waals surface area (Å²) in [6.07, 6.45) is -1.76. The lowest BCUT2D eigenvalue weighted by molar-refractivity contribution is -0.274. The third kappa shape index (κ3) is 5.32. The molecule has 1 aromatic heterocycles. The van der Waals surface area contributed by atoms with Crippen LogP contribution in [0.15, 0.2) is 60.9 Å². The Morgan fingerprint density at radius 1 is 1.12 bits per heavy atom. The summed E-state index contributed by atoms with van der Waals surface area (Å²) < 4.78 is 43.1. The summed E-state index contributed by atoms with van der Waals surface area (Å²) in [5, 5.41) is 14.0. The Hall–Kier alpha value is -2.81. The highest BCUT2D eigenvalue weighted by molar-refractivity contribution is 6.30. The van der Waals surface area contributed by atoms with E-state index in [1.54, 1.807) is 12.3 Å². The van der Waals surface area contributed by atoms with Crippen LogP contribution < -0.4 is 10.1 Å². The lowest BCUT2D eigenvalue weighted by Gasteiger charge is -2.37. The van der Waals surface area contributed by atoms with E-state index in [-0.39, 0.29) is 23.1 Å². The molecule has 0 radical (unpaired) electrons. The lowest BCUT2D eigenvalue weighted by Crippen LogP contribution is -2.45. The first-order chi connectivity index (χ1) is 15.3. The minimum atomic E-state index is -4.85. The number of aromatic hydroxyl groups is 1. The van der Waals surface area contributed by atoms with Crippen LogP contribution in [0.4, 0.5) is 13.2 Å². The fourth-order valence-electron chi connectivity index (χ4n) is 3.91. The number of ether oxygens (including phenoxy) is 1. The van der Waals surface area contributed by atoms with Crippen LogP contribution in [0.25, 0.3) is 11.1 Å². The first-order valence-corrected chi connectivity index (χ1v) is 10.4. The molecule has 3 aromatic rings. The molecule has 168 valence electrons. The van der Waals surface area contributed by atoms with E-state index in [4.69, 9.17) is 11.6 Å². The molecule has 0 spiro atoms. The minimum absolute atomic E-state index is 0.0668. The molecule has 0 aliphatic carbocycles. The van der Waals surface area contributed by atoms with Crippen molar-refractivity contribution in [3.05, 3.63) is 77.1 Å². The van der Waals surface area contributed by atoms with Gasteiger partial charge in [0.2, 0.25) is 0 Å². The molecule has 2 N–H and O–H groups in total. The molecule has 0 amide bonds. The van der Waals surface area contributed by atoms with E-state index < -0.39 is 6.36 Å². The van der Waals surface area contributed by atoms with Crippen molar-refractivity contribution < 1.29 is 23.0 Å². The Kier molecular flexibility index (Phi) is 6.55. The molecule has 0 unspecified atom stereocenters. The van der Waals surface area contributed by atoms with Gasteiger partial charge in [0.25, 0.3) is 0 Å². The number of phenols is 1. The molecule has 1 fully saturated rings. The minimum Gasteiger partial charge on any atom is -0.508 e. The molecular formula is C23H21ClF3N3O2. The Morgan fingerprint density at radius 3 is 2.66 bits per heavy atom. The van der Waals surface area contributed by atoms with E-state index in [0.717, 1.165) is 42.9 Å². The highest BCUT2D eigenvalue weighted by atomic mass is 35.5. The van der Waals surface area contributed by atoms with Gasteiger partial charge in [-0.3, -0.25) is 9.88 Å². The van der Waals surface area contributed by atoms with Crippen LogP contribution in [-0.2, 0) is 6.54 Å². The van der Waals surface area contributed by atoms with Crippen molar-refractivity contribution in [3.8, 4) is 22.6 Å². The standard InChI is InChI=1S/C23H21ClF3N3O2/c24-17-3-1-15(2-4-17)21-13-29-9-10-30(21)14-16-7-8-28-12-20(16)19-11-18(31)5-6-22(19)32-23(25,26)27/h1-8,11-12,21,29,31H,9-10,13-14H2/t21-/m0/s1. The molecule has 1 aliphatic heterocycles. The Labute approximate surface area is 188 Å². The van der Waals surface area contributed by atoms with E-state index in [2.05, 4.69) is 19.9 Å². The maximum absolute atomic E-state index is 13.0. The van der Waals surface area contributed by atoms with Crippen LogP contribution >= 0.6 is 11.6 Å². The van der Waals surface area contributed by atoms with Crippen molar-refractivity contribution in [2.24, 2.45) is 0 Å². The Morgan fingerprint density at radius 2 is 1.91 bits per heavy atom. The normalized spacial score (nSPS) is 17.3. The lowest BCUT2D eigenvalue weighted by atomic mass is 9.98. The highest BCUT2D eigenvalue weighted by Gasteiger charge is 2.33. The van der Waals surface area contributed by atoms with Gasteiger partial charge < -0.3 is 15.2 Å². The molecule has 5 nitrogen and oxygen atoms in total. The fourth-order valence-corrected chi connectivity index (χ4v) is 4.04. The predicted molar refractivity (Wildman–Crippen MR) is 115 cm³/mol. The molecule has 9 heteroatoms. The average Bonchev–Trinajstić information content (AvgIpc) is 2.76. The van der Waals surface area contributed by atoms with Crippen LogP contribution in [0.5, 0.6) is 11.5 Å². The second-order valence-corrected chi connectivity index (χ2v) is 7.94. The molecule has 2 heterocycles. The summed E-state index contributed by atoms with van der Waals surface area (Å²) in [5.74, 6) is -0.551. The third-order valence-electron chi connectivity index (χ3n) is 5.37. The fraction of sp³-hybridized carbons (Fsp3) is 0.261. The number of nitrogens with zero attached hydrogens (tertiary/aromatic N) is 2. The van der Waals surface area contributed by atoms with Crippen molar-refractivity contribution in [2.75, 3.05) is 19.6 Å². The predicted octanol–water partition coefficient (Wildman–Crippen LogP) is 5.15. The summed E-state index contributed by atoms with van der Waals surface area (Å²) in [6, 6.07) is 13.0. The number of halogens is 4. The average molecular weight is 464 g/mol. The monoisotopic (exact) mass is 463 g/mol. The number of phenolic OH excluding ortho intramolecular Hbond substituents is 1. The number of aromatic nitrogens is 1. The highest BCUT2D eigenvalue weighted by Crippen LogP contribution is 2.38. The van der Waals surface area contributed by atoms with Gasteiger partial charge in [0.15, 0.2) is 0 Å². The zero-order valence-electron chi connectivity index (χ0n) is 16.9. The smallest absolute Gasteiger partial charge is 0.508 e. The molecule has 1 aliphatic rings. The topological polar surface area (TPSA) is 57.6 Å². The summed E-state index contributed by atoms with van der Waals surface area (Å²) in [5.41, 5.74) is 2.47. The van der Waals surface area contributed by atoms with Crippen LogP contribution in [0.3, 0.4) is 0 Å². The number of nitrogens with one attached hydrogen (secondary N) is 1. The molecule has 0 saturated carbocycles. The van der Waals surface area contributed by atoms with Crippen molar-refractivity contribution in [2.45, 2.75) is 18.9 Å². The summed E-state index contributed by atoms with van der Waals surface area (Å²) in [7, 11) is 0. The van der Waals surface area contributed by atoms with Crippen LogP contribution in [0.2, 0.25) is 5.02 Å².